The maximum atomic E-state index is 11.7. The molecule has 0 unspecified atom stereocenters. The van der Waals surface area contributed by atoms with Crippen molar-refractivity contribution in [3.63, 3.8) is 0 Å². The number of ketones is 2. The van der Waals surface area contributed by atoms with Gasteiger partial charge in [-0.3, -0.25) is 9.59 Å². The number of likely N-dealkylation sites (N-methyl/N-ethyl adjacent to an activating group) is 1. The third kappa shape index (κ3) is 7.12. The number of Topliss-reactive ketones (excluding diaryl/α,β-unsaturated/α-hetero) is 2. The van der Waals surface area contributed by atoms with Crippen LogP contribution in [0.3, 0.4) is 0 Å². The van der Waals surface area contributed by atoms with Gasteiger partial charge in [0.1, 0.15) is 0 Å². The van der Waals surface area contributed by atoms with Gasteiger partial charge in [-0.25, -0.2) is 4.79 Å². The molecule has 0 aliphatic heterocycles. The average Bonchev–Trinajstić information content (AvgIpc) is 2.27. The number of thioether (sulfide) groups is 1. The highest BCUT2D eigenvalue weighted by molar-refractivity contribution is 7.99. The van der Waals surface area contributed by atoms with Gasteiger partial charge in [-0.15, -0.1) is 0 Å². The van der Waals surface area contributed by atoms with Crippen LogP contribution < -0.4 is 5.32 Å². The number of aliphatic carboxylic acids is 1. The number of carbonyl (C=O) groups is 3. The lowest BCUT2D eigenvalue weighted by molar-refractivity contribution is -0.150. The Morgan fingerprint density at radius 3 is 2.41 bits per heavy atom. The molecule has 6 heteroatoms. The predicted octanol–water partition coefficient (Wildman–Crippen LogP) is 0.721. The Labute approximate surface area is 105 Å². The summed E-state index contributed by atoms with van der Waals surface area (Å²) in [5.74, 6) is -1.13. The molecular formula is C11H19NO4S. The monoisotopic (exact) mass is 261 g/mol. The smallest absolute Gasteiger partial charge is 0.372 e. The number of carboxylic acid groups (broad SMARTS) is 1. The fourth-order valence-corrected chi connectivity index (χ4v) is 2.02. The van der Waals surface area contributed by atoms with Crippen LogP contribution in [0.15, 0.2) is 0 Å². The van der Waals surface area contributed by atoms with Gasteiger partial charge in [0, 0.05) is 0 Å². The highest BCUT2D eigenvalue weighted by atomic mass is 32.2. The van der Waals surface area contributed by atoms with E-state index < -0.39 is 24.2 Å². The summed E-state index contributed by atoms with van der Waals surface area (Å²) in [6.45, 7) is 4.52. The van der Waals surface area contributed by atoms with E-state index in [2.05, 4.69) is 5.32 Å². The second kappa shape index (κ2) is 9.18. The van der Waals surface area contributed by atoms with Crippen LogP contribution in [0.5, 0.6) is 0 Å². The maximum absolute atomic E-state index is 11.7. The van der Waals surface area contributed by atoms with E-state index >= 15 is 0 Å². The van der Waals surface area contributed by atoms with E-state index in [4.69, 9.17) is 5.11 Å². The van der Waals surface area contributed by atoms with E-state index in [0.717, 1.165) is 11.5 Å². The van der Waals surface area contributed by atoms with Crippen LogP contribution in [0.25, 0.3) is 0 Å². The molecule has 0 saturated heterocycles. The minimum Gasteiger partial charge on any atom is -0.475 e. The van der Waals surface area contributed by atoms with Gasteiger partial charge in [0.25, 0.3) is 0 Å². The van der Waals surface area contributed by atoms with Crippen LogP contribution in [-0.4, -0.2) is 46.7 Å². The highest BCUT2D eigenvalue weighted by Crippen LogP contribution is 2.06. The first-order chi connectivity index (χ1) is 8.02. The Balaban J connectivity index is 4.23. The first-order valence-electron chi connectivity index (χ1n) is 5.62. The van der Waals surface area contributed by atoms with E-state index in [-0.39, 0.29) is 5.78 Å². The van der Waals surface area contributed by atoms with Gasteiger partial charge in [0.15, 0.2) is 5.78 Å². The largest absolute Gasteiger partial charge is 0.475 e. The number of carboxylic acids is 1. The Kier molecular flexibility index (Phi) is 8.71. The van der Waals surface area contributed by atoms with Crippen molar-refractivity contribution < 1.29 is 19.5 Å². The second-order valence-corrected chi connectivity index (χ2v) is 4.86. The molecule has 0 aromatic rings. The summed E-state index contributed by atoms with van der Waals surface area (Å²) < 4.78 is 0. The van der Waals surface area contributed by atoms with Crippen molar-refractivity contribution in [1.29, 1.82) is 0 Å². The predicted molar refractivity (Wildman–Crippen MR) is 67.3 cm³/mol. The van der Waals surface area contributed by atoms with Crippen LogP contribution in [0, 0.1) is 0 Å². The van der Waals surface area contributed by atoms with Gasteiger partial charge < -0.3 is 10.4 Å². The maximum Gasteiger partial charge on any atom is 0.372 e. The average molecular weight is 261 g/mol. The van der Waals surface area contributed by atoms with Crippen molar-refractivity contribution in [3.8, 4) is 0 Å². The lowest BCUT2D eigenvalue weighted by Crippen LogP contribution is -2.38. The molecule has 0 aromatic carbocycles. The Morgan fingerprint density at radius 2 is 1.94 bits per heavy atom. The number of nitrogens with one attached hydrogen (secondary N) is 1. The summed E-state index contributed by atoms with van der Waals surface area (Å²) in [6.07, 6.45) is 0.0991. The van der Waals surface area contributed by atoms with Crippen molar-refractivity contribution >= 4 is 29.3 Å². The molecule has 0 amide bonds. The Bertz CT molecular complexity index is 281. The summed E-state index contributed by atoms with van der Waals surface area (Å²) in [6, 6.07) is -0.414. The molecule has 1 atom stereocenters. The quantitative estimate of drug-likeness (QED) is 0.342. The minimum absolute atomic E-state index is 0.337. The molecule has 0 bridgehead atoms. The molecule has 0 aliphatic carbocycles. The molecule has 98 valence electrons. The van der Waals surface area contributed by atoms with E-state index in [1.807, 2.05) is 13.8 Å². The Hall–Kier alpha value is -0.880. The van der Waals surface area contributed by atoms with Crippen LogP contribution in [-0.2, 0) is 14.4 Å². The van der Waals surface area contributed by atoms with Gasteiger partial charge >= 0.3 is 5.97 Å². The molecular weight excluding hydrogens is 242 g/mol. The van der Waals surface area contributed by atoms with E-state index in [0.29, 0.717) is 13.0 Å². The first-order valence-corrected chi connectivity index (χ1v) is 6.78. The van der Waals surface area contributed by atoms with E-state index in [1.54, 1.807) is 11.8 Å². The van der Waals surface area contributed by atoms with Crippen LogP contribution in [0.4, 0.5) is 0 Å². The zero-order valence-electron chi connectivity index (χ0n) is 10.2. The molecule has 0 saturated carbocycles. The molecule has 0 spiro atoms. The molecule has 0 heterocycles. The number of carbonyl (C=O) groups excluding carboxylic acids is 2. The van der Waals surface area contributed by atoms with Gasteiger partial charge in [-0.05, 0) is 24.5 Å². The molecule has 0 rings (SSSR count). The lowest BCUT2D eigenvalue weighted by atomic mass is 10.0. The molecule has 5 nitrogen and oxygen atoms in total. The van der Waals surface area contributed by atoms with Gasteiger partial charge in [0.2, 0.25) is 5.78 Å². The summed E-state index contributed by atoms with van der Waals surface area (Å²) in [7, 11) is 0. The summed E-state index contributed by atoms with van der Waals surface area (Å²) in [4.78, 5) is 33.0. The lowest BCUT2D eigenvalue weighted by Gasteiger charge is -2.15. The van der Waals surface area contributed by atoms with Crippen molar-refractivity contribution in [2.24, 2.45) is 0 Å². The fraction of sp³-hybridized carbons (Fsp3) is 0.727. The normalized spacial score (nSPS) is 12.1. The summed E-state index contributed by atoms with van der Waals surface area (Å²) in [5, 5.41) is 11.4. The number of rotatable bonds is 10. The van der Waals surface area contributed by atoms with Gasteiger partial charge in [0.05, 0.1) is 12.5 Å². The SMILES string of the molecule is CCN[C@@H](CCSCC)C(=O)CC(=O)C(=O)O. The topological polar surface area (TPSA) is 83.5 Å². The zero-order valence-corrected chi connectivity index (χ0v) is 11.0. The molecule has 0 fully saturated rings. The zero-order chi connectivity index (χ0) is 13.3. The molecule has 0 radical (unpaired) electrons. The Morgan fingerprint density at radius 1 is 1.29 bits per heavy atom. The van der Waals surface area contributed by atoms with Crippen LogP contribution in [0.2, 0.25) is 0 Å². The summed E-state index contributed by atoms with van der Waals surface area (Å²) >= 11 is 1.71. The molecule has 0 aromatic heterocycles. The van der Waals surface area contributed by atoms with E-state index in [9.17, 15) is 14.4 Å². The first kappa shape index (κ1) is 16.1. The number of hydrogen-bond acceptors (Lipinski definition) is 5. The van der Waals surface area contributed by atoms with Crippen molar-refractivity contribution in [2.75, 3.05) is 18.1 Å². The van der Waals surface area contributed by atoms with Crippen molar-refractivity contribution in [1.82, 2.24) is 5.32 Å². The van der Waals surface area contributed by atoms with Crippen molar-refractivity contribution in [2.45, 2.75) is 32.7 Å². The molecule has 2 N–H and O–H groups in total. The third-order valence-corrected chi connectivity index (χ3v) is 3.10. The minimum atomic E-state index is -1.54. The highest BCUT2D eigenvalue weighted by Gasteiger charge is 2.23. The standard InChI is InChI=1S/C11H19NO4S/c1-3-12-8(5-6-17-4-2)9(13)7-10(14)11(15)16/h8,12H,3-7H2,1-2H3,(H,15,16)/t8-/m0/s1. The fourth-order valence-electron chi connectivity index (χ4n) is 1.33. The van der Waals surface area contributed by atoms with Crippen molar-refractivity contribution in [3.05, 3.63) is 0 Å². The van der Waals surface area contributed by atoms with Gasteiger partial charge in [-0.2, -0.15) is 11.8 Å². The number of hydrogen-bond donors (Lipinski definition) is 2. The second-order valence-electron chi connectivity index (χ2n) is 3.47. The van der Waals surface area contributed by atoms with Gasteiger partial charge in [-0.1, -0.05) is 13.8 Å². The third-order valence-electron chi connectivity index (χ3n) is 2.17. The van der Waals surface area contributed by atoms with Crippen LogP contribution in [0.1, 0.15) is 26.7 Å². The molecule has 0 aliphatic rings. The van der Waals surface area contributed by atoms with Crippen LogP contribution >= 0.6 is 11.8 Å². The molecule has 17 heavy (non-hydrogen) atoms. The van der Waals surface area contributed by atoms with E-state index in [1.165, 1.54) is 0 Å². The summed E-state index contributed by atoms with van der Waals surface area (Å²) in [5.41, 5.74) is 0.